The molecule has 3 nitrogen and oxygen atoms in total. The molecule has 0 saturated carbocycles. The highest BCUT2D eigenvalue weighted by Crippen LogP contribution is 2.36. The second kappa shape index (κ2) is 7.31. The Morgan fingerprint density at radius 3 is 2.28 bits per heavy atom. The number of benzene rings is 1. The van der Waals surface area contributed by atoms with Gasteiger partial charge in [-0.25, -0.2) is 4.79 Å². The van der Waals surface area contributed by atoms with Gasteiger partial charge < -0.3 is 9.47 Å². The molecule has 1 rings (SSSR count). The van der Waals surface area contributed by atoms with Crippen LogP contribution in [0.1, 0.15) is 6.92 Å². The Bertz CT molecular complexity index is 449. The summed E-state index contributed by atoms with van der Waals surface area (Å²) in [6, 6.07) is 3.75. The fourth-order valence-corrected chi connectivity index (χ4v) is 3.56. The monoisotopic (exact) mass is 440 g/mol. The molecule has 1 aromatic carbocycles. The fourth-order valence-electron chi connectivity index (χ4n) is 1.07. The summed E-state index contributed by atoms with van der Waals surface area (Å²) in [6.45, 7) is 5.55. The van der Waals surface area contributed by atoms with E-state index in [0.29, 0.717) is 11.3 Å². The van der Waals surface area contributed by atoms with Crippen molar-refractivity contribution in [1.82, 2.24) is 0 Å². The van der Waals surface area contributed by atoms with E-state index in [9.17, 15) is 4.79 Å². The molecule has 0 aliphatic carbocycles. The summed E-state index contributed by atoms with van der Waals surface area (Å²) >= 11 is 10.2. The minimum absolute atomic E-state index is 0.181. The maximum absolute atomic E-state index is 11.1. The normalized spacial score (nSPS) is 10.0. The molecule has 0 saturated heterocycles. The first-order valence-electron chi connectivity index (χ1n) is 5.01. The first-order chi connectivity index (χ1) is 8.41. The molecule has 0 spiro atoms. The fraction of sp³-hybridized carbons (Fsp3) is 0.250. The van der Waals surface area contributed by atoms with Crippen molar-refractivity contribution >= 4 is 53.8 Å². The van der Waals surface area contributed by atoms with Crippen LogP contribution in [0.4, 0.5) is 0 Å². The van der Waals surface area contributed by atoms with Crippen molar-refractivity contribution in [3.05, 3.63) is 37.7 Å². The lowest BCUT2D eigenvalue weighted by atomic mass is 10.3. The number of hydrogen-bond acceptors (Lipinski definition) is 3. The molecule has 0 aliphatic rings. The number of halogens is 3. The molecule has 0 aromatic heterocycles. The molecule has 0 fully saturated rings. The Kier molecular flexibility index (Phi) is 6.38. The molecule has 0 atom stereocenters. The first-order valence-corrected chi connectivity index (χ1v) is 7.39. The smallest absolute Gasteiger partial charge is 0.333 e. The van der Waals surface area contributed by atoms with E-state index in [4.69, 9.17) is 9.47 Å². The number of esters is 1. The molecule has 0 unspecified atom stereocenters. The van der Waals surface area contributed by atoms with Gasteiger partial charge in [0.1, 0.15) is 19.0 Å². The lowest BCUT2D eigenvalue weighted by Gasteiger charge is -2.11. The number of hydrogen-bond donors (Lipinski definition) is 0. The van der Waals surface area contributed by atoms with Crippen LogP contribution in [-0.4, -0.2) is 19.2 Å². The van der Waals surface area contributed by atoms with E-state index in [1.165, 1.54) is 0 Å². The third-order valence-electron chi connectivity index (χ3n) is 1.87. The van der Waals surface area contributed by atoms with Crippen LogP contribution in [0.5, 0.6) is 5.75 Å². The Morgan fingerprint density at radius 1 is 1.22 bits per heavy atom. The largest absolute Gasteiger partial charge is 0.488 e. The van der Waals surface area contributed by atoms with Crippen LogP contribution < -0.4 is 4.74 Å². The summed E-state index contributed by atoms with van der Waals surface area (Å²) in [7, 11) is 0. The minimum atomic E-state index is -0.410. The van der Waals surface area contributed by atoms with Gasteiger partial charge in [-0.3, -0.25) is 0 Å². The highest BCUT2D eigenvalue weighted by Gasteiger charge is 2.09. The van der Waals surface area contributed by atoms with Crippen molar-refractivity contribution in [3.8, 4) is 5.75 Å². The van der Waals surface area contributed by atoms with Crippen molar-refractivity contribution in [1.29, 1.82) is 0 Å². The third kappa shape index (κ3) is 4.74. The van der Waals surface area contributed by atoms with Gasteiger partial charge >= 0.3 is 5.97 Å². The average Bonchev–Trinajstić information content (AvgIpc) is 2.26. The summed E-state index contributed by atoms with van der Waals surface area (Å²) in [5.74, 6) is 0.261. The van der Waals surface area contributed by atoms with Crippen LogP contribution in [-0.2, 0) is 9.53 Å². The minimum Gasteiger partial charge on any atom is -0.488 e. The molecule has 0 N–H and O–H groups in total. The van der Waals surface area contributed by atoms with Gasteiger partial charge in [0.25, 0.3) is 0 Å². The van der Waals surface area contributed by atoms with Crippen LogP contribution in [0.3, 0.4) is 0 Å². The number of rotatable bonds is 5. The Hall–Kier alpha value is -0.330. The molecule has 0 amide bonds. The topological polar surface area (TPSA) is 35.5 Å². The van der Waals surface area contributed by atoms with Crippen LogP contribution >= 0.6 is 47.8 Å². The van der Waals surface area contributed by atoms with Gasteiger partial charge in [0.2, 0.25) is 0 Å². The predicted molar refractivity (Wildman–Crippen MR) is 80.8 cm³/mol. The zero-order chi connectivity index (χ0) is 13.7. The van der Waals surface area contributed by atoms with Crippen molar-refractivity contribution in [2.45, 2.75) is 6.92 Å². The van der Waals surface area contributed by atoms with Gasteiger partial charge in [0, 0.05) is 10.0 Å². The van der Waals surface area contributed by atoms with Crippen LogP contribution in [0.2, 0.25) is 0 Å². The summed E-state index contributed by atoms with van der Waals surface area (Å²) in [6.07, 6.45) is 0. The molecular weight excluding hydrogens is 432 g/mol. The van der Waals surface area contributed by atoms with Crippen LogP contribution in [0.15, 0.2) is 37.7 Å². The lowest BCUT2D eigenvalue weighted by Crippen LogP contribution is -2.12. The standard InChI is InChI=1S/C12H11Br3O3/c1-7(2)12(16)18-4-3-17-11-9(14)5-8(13)6-10(11)15/h5-6H,1,3-4H2,2H3. The van der Waals surface area contributed by atoms with Gasteiger partial charge in [0.05, 0.1) is 8.95 Å². The lowest BCUT2D eigenvalue weighted by molar-refractivity contribution is -0.139. The summed E-state index contributed by atoms with van der Waals surface area (Å²) in [5.41, 5.74) is 0.376. The van der Waals surface area contributed by atoms with E-state index in [1.807, 2.05) is 12.1 Å². The second-order valence-electron chi connectivity index (χ2n) is 3.46. The summed E-state index contributed by atoms with van der Waals surface area (Å²) in [4.78, 5) is 11.1. The zero-order valence-electron chi connectivity index (χ0n) is 9.63. The maximum Gasteiger partial charge on any atom is 0.333 e. The molecule has 98 valence electrons. The molecular formula is C12H11Br3O3. The van der Waals surface area contributed by atoms with Gasteiger partial charge in [-0.1, -0.05) is 22.5 Å². The van der Waals surface area contributed by atoms with Crippen molar-refractivity contribution in [3.63, 3.8) is 0 Å². The van der Waals surface area contributed by atoms with Crippen molar-refractivity contribution in [2.24, 2.45) is 0 Å². The van der Waals surface area contributed by atoms with E-state index in [0.717, 1.165) is 13.4 Å². The van der Waals surface area contributed by atoms with E-state index >= 15 is 0 Å². The maximum atomic E-state index is 11.1. The summed E-state index contributed by atoms with van der Waals surface area (Å²) in [5, 5.41) is 0. The second-order valence-corrected chi connectivity index (χ2v) is 6.09. The predicted octanol–water partition coefficient (Wildman–Crippen LogP) is 4.47. The van der Waals surface area contributed by atoms with E-state index in [-0.39, 0.29) is 13.2 Å². The van der Waals surface area contributed by atoms with E-state index < -0.39 is 5.97 Å². The third-order valence-corrected chi connectivity index (χ3v) is 3.51. The average molecular weight is 443 g/mol. The van der Waals surface area contributed by atoms with Crippen molar-refractivity contribution in [2.75, 3.05) is 13.2 Å². The van der Waals surface area contributed by atoms with Crippen LogP contribution in [0.25, 0.3) is 0 Å². The molecule has 1 aromatic rings. The quantitative estimate of drug-likeness (QED) is 0.383. The molecule has 18 heavy (non-hydrogen) atoms. The zero-order valence-corrected chi connectivity index (χ0v) is 14.4. The highest BCUT2D eigenvalue weighted by molar-refractivity contribution is 9.11. The van der Waals surface area contributed by atoms with E-state index in [1.54, 1.807) is 6.92 Å². The molecule has 0 radical (unpaired) electrons. The molecule has 6 heteroatoms. The van der Waals surface area contributed by atoms with E-state index in [2.05, 4.69) is 54.4 Å². The molecule has 0 bridgehead atoms. The number of carbonyl (C=O) groups is 1. The number of carbonyl (C=O) groups excluding carboxylic acids is 1. The first kappa shape index (κ1) is 15.7. The summed E-state index contributed by atoms with van der Waals surface area (Å²) < 4.78 is 13.0. The van der Waals surface area contributed by atoms with Gasteiger partial charge in [-0.05, 0) is 50.9 Å². The van der Waals surface area contributed by atoms with Gasteiger partial charge in [-0.2, -0.15) is 0 Å². The van der Waals surface area contributed by atoms with Gasteiger partial charge in [0.15, 0.2) is 0 Å². The Balaban J connectivity index is 2.50. The Labute approximate surface area is 131 Å². The van der Waals surface area contributed by atoms with Crippen molar-refractivity contribution < 1.29 is 14.3 Å². The Morgan fingerprint density at radius 2 is 1.78 bits per heavy atom. The molecule has 0 heterocycles. The number of ether oxygens (including phenoxy) is 2. The van der Waals surface area contributed by atoms with Crippen LogP contribution in [0, 0.1) is 0 Å². The SMILES string of the molecule is C=C(C)C(=O)OCCOc1c(Br)cc(Br)cc1Br. The molecule has 0 aliphatic heterocycles. The highest BCUT2D eigenvalue weighted by atomic mass is 79.9. The van der Waals surface area contributed by atoms with Gasteiger partial charge in [-0.15, -0.1) is 0 Å².